The van der Waals surface area contributed by atoms with Gasteiger partial charge in [0, 0.05) is 41.1 Å². The third-order valence-electron chi connectivity index (χ3n) is 6.61. The van der Waals surface area contributed by atoms with E-state index in [-0.39, 0.29) is 0 Å². The van der Waals surface area contributed by atoms with Crippen molar-refractivity contribution in [2.45, 2.75) is 32.5 Å². The third-order valence-corrected chi connectivity index (χ3v) is 6.61. The summed E-state index contributed by atoms with van der Waals surface area (Å²) in [6.45, 7) is 3.97. The Morgan fingerprint density at radius 2 is 1.65 bits per heavy atom. The van der Waals surface area contributed by atoms with Crippen molar-refractivity contribution in [3.63, 3.8) is 0 Å². The molecule has 0 aliphatic carbocycles. The van der Waals surface area contributed by atoms with Gasteiger partial charge in [-0.1, -0.05) is 12.1 Å². The number of aryl methyl sites for hydroxylation is 2. The zero-order chi connectivity index (χ0) is 28.0. The summed E-state index contributed by atoms with van der Waals surface area (Å²) in [7, 11) is 0. The summed E-state index contributed by atoms with van der Waals surface area (Å²) in [6.07, 6.45) is 0.696. The first-order valence-corrected chi connectivity index (χ1v) is 12.4. The van der Waals surface area contributed by atoms with Crippen molar-refractivity contribution < 1.29 is 17.6 Å². The highest BCUT2D eigenvalue weighted by atomic mass is 19.4. The zero-order valence-corrected chi connectivity index (χ0v) is 21.4. The number of aromatic nitrogens is 8. The molecule has 0 radical (unpaired) electrons. The Labute approximate surface area is 225 Å². The van der Waals surface area contributed by atoms with E-state index in [1.165, 1.54) is 29.2 Å². The molecule has 202 valence electrons. The van der Waals surface area contributed by atoms with Gasteiger partial charge in [-0.15, -0.1) is 5.10 Å². The minimum atomic E-state index is -4.45. The SMILES string of the molecule is Cc1ccc(C)n1-c1nc2cc(-c3nccc(-c4cnn(C(CC(F)(F)F)c5ccc(F)cc5)c4)n3)ccn2n1. The molecular weight excluding hydrogens is 524 g/mol. The fourth-order valence-electron chi connectivity index (χ4n) is 4.66. The summed E-state index contributed by atoms with van der Waals surface area (Å²) >= 11 is 0. The Morgan fingerprint density at radius 1 is 0.900 bits per heavy atom. The summed E-state index contributed by atoms with van der Waals surface area (Å²) in [6, 6.07) is 13.1. The molecule has 1 atom stereocenters. The van der Waals surface area contributed by atoms with Gasteiger partial charge in [0.15, 0.2) is 11.5 Å². The number of rotatable bonds is 6. The molecule has 1 aromatic carbocycles. The lowest BCUT2D eigenvalue weighted by atomic mass is 10.0. The van der Waals surface area contributed by atoms with Crippen molar-refractivity contribution in [3.05, 3.63) is 102 Å². The summed E-state index contributed by atoms with van der Waals surface area (Å²) in [5.74, 6) is 0.435. The molecule has 12 heteroatoms. The maximum Gasteiger partial charge on any atom is 0.391 e. The molecule has 5 aromatic heterocycles. The Hall–Kier alpha value is -4.87. The topological polar surface area (TPSA) is 78.7 Å². The van der Waals surface area contributed by atoms with Crippen LogP contribution in [0.2, 0.25) is 0 Å². The molecule has 40 heavy (non-hydrogen) atoms. The smallest absolute Gasteiger partial charge is 0.286 e. The third kappa shape index (κ3) is 4.95. The molecule has 0 spiro atoms. The van der Waals surface area contributed by atoms with Crippen molar-refractivity contribution in [1.82, 2.24) is 38.9 Å². The summed E-state index contributed by atoms with van der Waals surface area (Å²) in [5, 5.41) is 8.77. The van der Waals surface area contributed by atoms with Crippen LogP contribution in [-0.4, -0.2) is 45.1 Å². The van der Waals surface area contributed by atoms with E-state index >= 15 is 0 Å². The second-order valence-corrected chi connectivity index (χ2v) is 9.44. The number of pyridine rings is 1. The monoisotopic (exact) mass is 546 g/mol. The van der Waals surface area contributed by atoms with Crippen molar-refractivity contribution in [1.29, 1.82) is 0 Å². The van der Waals surface area contributed by atoms with Crippen molar-refractivity contribution in [3.8, 4) is 28.6 Å². The number of nitrogens with zero attached hydrogens (tertiary/aromatic N) is 8. The highest BCUT2D eigenvalue weighted by Gasteiger charge is 2.34. The van der Waals surface area contributed by atoms with Crippen molar-refractivity contribution in [2.24, 2.45) is 0 Å². The van der Waals surface area contributed by atoms with Crippen LogP contribution in [0.4, 0.5) is 17.6 Å². The largest absolute Gasteiger partial charge is 0.391 e. The first-order chi connectivity index (χ1) is 19.1. The van der Waals surface area contributed by atoms with Gasteiger partial charge in [-0.3, -0.25) is 9.25 Å². The highest BCUT2D eigenvalue weighted by Crippen LogP contribution is 2.33. The van der Waals surface area contributed by atoms with Crippen LogP contribution in [-0.2, 0) is 0 Å². The predicted molar refractivity (Wildman–Crippen MR) is 139 cm³/mol. The molecule has 6 rings (SSSR count). The number of benzene rings is 1. The van der Waals surface area contributed by atoms with E-state index in [1.807, 2.05) is 42.7 Å². The average Bonchev–Trinajstić information content (AvgIpc) is 3.65. The fourth-order valence-corrected chi connectivity index (χ4v) is 4.66. The van der Waals surface area contributed by atoms with Gasteiger partial charge < -0.3 is 0 Å². The lowest BCUT2D eigenvalue weighted by molar-refractivity contribution is -0.140. The Morgan fingerprint density at radius 3 is 2.38 bits per heavy atom. The minimum absolute atomic E-state index is 0.294. The molecule has 0 bridgehead atoms. The number of fused-ring (bicyclic) bond motifs is 1. The second-order valence-electron chi connectivity index (χ2n) is 9.44. The summed E-state index contributed by atoms with van der Waals surface area (Å²) in [5.41, 5.74) is 4.63. The number of alkyl halides is 3. The molecule has 0 aliphatic heterocycles. The Balaban J connectivity index is 1.32. The number of hydrogen-bond acceptors (Lipinski definition) is 5. The Kier molecular flexibility index (Phi) is 6.16. The number of halogens is 4. The molecule has 5 heterocycles. The first-order valence-electron chi connectivity index (χ1n) is 12.4. The van der Waals surface area contributed by atoms with Crippen molar-refractivity contribution in [2.75, 3.05) is 0 Å². The first kappa shape index (κ1) is 25.4. The van der Waals surface area contributed by atoms with E-state index in [9.17, 15) is 17.6 Å². The van der Waals surface area contributed by atoms with Gasteiger partial charge in [0.25, 0.3) is 5.95 Å². The van der Waals surface area contributed by atoms with Crippen LogP contribution in [0.1, 0.15) is 29.4 Å². The van der Waals surface area contributed by atoms with Crippen LogP contribution in [0, 0.1) is 19.7 Å². The maximum atomic E-state index is 13.4. The van der Waals surface area contributed by atoms with E-state index in [0.29, 0.717) is 39.8 Å². The lowest BCUT2D eigenvalue weighted by Crippen LogP contribution is -2.20. The van der Waals surface area contributed by atoms with E-state index in [4.69, 9.17) is 0 Å². The van der Waals surface area contributed by atoms with E-state index in [1.54, 1.807) is 23.0 Å². The molecule has 8 nitrogen and oxygen atoms in total. The van der Waals surface area contributed by atoms with Gasteiger partial charge in [0.2, 0.25) is 0 Å². The Bertz CT molecular complexity index is 1800. The van der Waals surface area contributed by atoms with Gasteiger partial charge in [-0.2, -0.15) is 23.3 Å². The molecule has 0 N–H and O–H groups in total. The van der Waals surface area contributed by atoms with Gasteiger partial charge >= 0.3 is 6.18 Å². The standard InChI is InChI=1S/C28H22F4N8/c1-17-3-4-18(2)40(17)27-36-25-13-20(10-12-38(25)37-27)26-33-11-9-23(35-26)21-15-34-39(16-21)24(14-28(30,31)32)19-5-7-22(29)8-6-19/h3-13,15-16,24H,14H2,1-2H3. The van der Waals surface area contributed by atoms with Gasteiger partial charge in [0.05, 0.1) is 24.4 Å². The van der Waals surface area contributed by atoms with Crippen LogP contribution in [0.15, 0.2) is 79.4 Å². The lowest BCUT2D eigenvalue weighted by Gasteiger charge is -2.19. The van der Waals surface area contributed by atoms with Gasteiger partial charge in [0.1, 0.15) is 5.82 Å². The maximum absolute atomic E-state index is 13.4. The van der Waals surface area contributed by atoms with Crippen LogP contribution in [0.5, 0.6) is 0 Å². The quantitative estimate of drug-likeness (QED) is 0.235. The van der Waals surface area contributed by atoms with Crippen LogP contribution < -0.4 is 0 Å². The fraction of sp³-hybridized carbons (Fsp3) is 0.179. The molecule has 0 aliphatic rings. The van der Waals surface area contributed by atoms with Crippen LogP contribution in [0.25, 0.3) is 34.2 Å². The molecule has 0 fully saturated rings. The van der Waals surface area contributed by atoms with Crippen LogP contribution in [0.3, 0.4) is 0 Å². The predicted octanol–water partition coefficient (Wildman–Crippen LogP) is 6.14. The molecule has 1 unspecified atom stereocenters. The molecule has 0 saturated heterocycles. The van der Waals surface area contributed by atoms with E-state index < -0.39 is 24.5 Å². The average molecular weight is 547 g/mol. The summed E-state index contributed by atoms with van der Waals surface area (Å²) < 4.78 is 58.5. The van der Waals surface area contributed by atoms with E-state index in [0.717, 1.165) is 23.5 Å². The number of hydrogen-bond donors (Lipinski definition) is 0. The minimum Gasteiger partial charge on any atom is -0.286 e. The molecule has 6 aromatic rings. The molecule has 0 saturated carbocycles. The van der Waals surface area contributed by atoms with Gasteiger partial charge in [-0.25, -0.2) is 18.9 Å². The second kappa shape index (κ2) is 9.70. The van der Waals surface area contributed by atoms with E-state index in [2.05, 4.69) is 25.1 Å². The zero-order valence-electron chi connectivity index (χ0n) is 21.4. The normalized spacial score (nSPS) is 12.8. The van der Waals surface area contributed by atoms with Crippen molar-refractivity contribution >= 4 is 5.65 Å². The van der Waals surface area contributed by atoms with Gasteiger partial charge in [-0.05, 0) is 61.9 Å². The molecular formula is C28H22F4N8. The van der Waals surface area contributed by atoms with Crippen LogP contribution >= 0.6 is 0 Å². The highest BCUT2D eigenvalue weighted by molar-refractivity contribution is 5.65. The molecule has 0 amide bonds. The summed E-state index contributed by atoms with van der Waals surface area (Å²) in [4.78, 5) is 13.7.